The highest BCUT2D eigenvalue weighted by molar-refractivity contribution is 6.07. The zero-order valence-corrected chi connectivity index (χ0v) is 17.6. The molecule has 1 N–H and O–H groups in total. The smallest absolute Gasteiger partial charge is 0.271 e. The van der Waals surface area contributed by atoms with Crippen LogP contribution < -0.4 is 15.0 Å². The lowest BCUT2D eigenvalue weighted by molar-refractivity contribution is -0.132. The van der Waals surface area contributed by atoms with Crippen LogP contribution in [0.5, 0.6) is 5.75 Å². The number of hydrogen-bond acceptors (Lipinski definition) is 3. The lowest BCUT2D eigenvalue weighted by Crippen LogP contribution is -2.52. The van der Waals surface area contributed by atoms with Gasteiger partial charge < -0.3 is 15.0 Å². The van der Waals surface area contributed by atoms with Crippen LogP contribution in [-0.4, -0.2) is 17.4 Å². The average Bonchev–Trinajstić information content (AvgIpc) is 2.74. The predicted molar refractivity (Wildman–Crippen MR) is 118 cm³/mol. The molecule has 0 spiro atoms. The maximum Gasteiger partial charge on any atom is 0.271 e. The van der Waals surface area contributed by atoms with Crippen LogP contribution in [0.2, 0.25) is 0 Å². The van der Waals surface area contributed by atoms with E-state index in [2.05, 4.69) is 5.32 Å². The molecule has 1 aliphatic heterocycles. The molecule has 31 heavy (non-hydrogen) atoms. The van der Waals surface area contributed by atoms with Crippen molar-refractivity contribution >= 4 is 23.2 Å². The Labute approximate surface area is 180 Å². The van der Waals surface area contributed by atoms with Crippen molar-refractivity contribution < 1.29 is 18.7 Å². The first-order chi connectivity index (χ1) is 14.7. The fraction of sp³-hybridized carbons (Fsp3) is 0.200. The number of halogens is 1. The number of nitrogens with zero attached hydrogens (tertiary/aromatic N) is 1. The van der Waals surface area contributed by atoms with Gasteiger partial charge in [-0.15, -0.1) is 0 Å². The summed E-state index contributed by atoms with van der Waals surface area (Å²) < 4.78 is 20.2. The highest BCUT2D eigenvalue weighted by Crippen LogP contribution is 2.39. The molecule has 0 saturated carbocycles. The Morgan fingerprint density at radius 2 is 1.77 bits per heavy atom. The molecular formula is C25H23FN2O3. The van der Waals surface area contributed by atoms with Gasteiger partial charge >= 0.3 is 0 Å². The maximum atomic E-state index is 14.3. The fourth-order valence-corrected chi connectivity index (χ4v) is 3.50. The summed E-state index contributed by atoms with van der Waals surface area (Å²) in [5.41, 5.74) is 1.84. The number of benzene rings is 3. The molecular weight excluding hydrogens is 395 g/mol. The molecule has 3 aromatic carbocycles. The molecule has 5 nitrogen and oxygen atoms in total. The second-order valence-corrected chi connectivity index (χ2v) is 8.10. The van der Waals surface area contributed by atoms with Crippen molar-refractivity contribution in [2.24, 2.45) is 0 Å². The van der Waals surface area contributed by atoms with Crippen molar-refractivity contribution in [2.45, 2.75) is 32.9 Å². The molecule has 1 heterocycles. The van der Waals surface area contributed by atoms with Crippen LogP contribution in [0.25, 0.3) is 0 Å². The van der Waals surface area contributed by atoms with Gasteiger partial charge in [-0.3, -0.25) is 9.59 Å². The van der Waals surface area contributed by atoms with Crippen molar-refractivity contribution in [3.8, 4) is 5.75 Å². The third kappa shape index (κ3) is 4.14. The molecule has 0 radical (unpaired) electrons. The maximum absolute atomic E-state index is 14.3. The summed E-state index contributed by atoms with van der Waals surface area (Å²) in [6.45, 7) is 5.35. The van der Waals surface area contributed by atoms with Crippen molar-refractivity contribution in [1.82, 2.24) is 0 Å². The second kappa shape index (κ2) is 7.87. The molecule has 0 atom stereocenters. The van der Waals surface area contributed by atoms with Crippen molar-refractivity contribution in [3.63, 3.8) is 0 Å². The van der Waals surface area contributed by atoms with E-state index in [-0.39, 0.29) is 18.4 Å². The summed E-state index contributed by atoms with van der Waals surface area (Å²) in [6.07, 6.45) is 0. The number of hydrogen-bond donors (Lipinski definition) is 1. The third-order valence-corrected chi connectivity index (χ3v) is 5.23. The van der Waals surface area contributed by atoms with Crippen LogP contribution in [0.3, 0.4) is 0 Å². The lowest BCUT2D eigenvalue weighted by atomic mass is 10.0. The summed E-state index contributed by atoms with van der Waals surface area (Å²) in [4.78, 5) is 27.4. The molecule has 6 heteroatoms. The van der Waals surface area contributed by atoms with Gasteiger partial charge in [0.25, 0.3) is 11.8 Å². The van der Waals surface area contributed by atoms with E-state index in [4.69, 9.17) is 4.74 Å². The van der Waals surface area contributed by atoms with E-state index in [9.17, 15) is 14.0 Å². The van der Waals surface area contributed by atoms with Gasteiger partial charge in [-0.2, -0.15) is 0 Å². The normalized spacial score (nSPS) is 14.6. The lowest BCUT2D eigenvalue weighted by Gasteiger charge is -2.39. The Morgan fingerprint density at radius 3 is 2.48 bits per heavy atom. The summed E-state index contributed by atoms with van der Waals surface area (Å²) in [5.74, 6) is -0.545. The Hall–Kier alpha value is -3.67. The number of anilines is 2. The Morgan fingerprint density at radius 1 is 1.06 bits per heavy atom. The monoisotopic (exact) mass is 418 g/mol. The molecule has 0 saturated heterocycles. The fourth-order valence-electron chi connectivity index (χ4n) is 3.50. The first-order valence-electron chi connectivity index (χ1n) is 10.0. The van der Waals surface area contributed by atoms with Gasteiger partial charge in [0.15, 0.2) is 5.60 Å². The number of amides is 2. The van der Waals surface area contributed by atoms with Gasteiger partial charge in [0.2, 0.25) is 0 Å². The number of rotatable bonds is 4. The summed E-state index contributed by atoms with van der Waals surface area (Å²) in [5, 5.41) is 2.85. The van der Waals surface area contributed by atoms with Crippen molar-refractivity contribution in [1.29, 1.82) is 0 Å². The zero-order chi connectivity index (χ0) is 22.2. The first-order valence-corrected chi connectivity index (χ1v) is 10.0. The van der Waals surface area contributed by atoms with Gasteiger partial charge in [-0.05, 0) is 57.2 Å². The molecule has 4 rings (SSSR count). The Kier molecular flexibility index (Phi) is 5.23. The topological polar surface area (TPSA) is 58.6 Å². The van der Waals surface area contributed by atoms with E-state index in [1.807, 2.05) is 31.2 Å². The zero-order valence-electron chi connectivity index (χ0n) is 17.6. The van der Waals surface area contributed by atoms with Gasteiger partial charge in [0.1, 0.15) is 11.6 Å². The van der Waals surface area contributed by atoms with Gasteiger partial charge in [-0.25, -0.2) is 4.39 Å². The summed E-state index contributed by atoms with van der Waals surface area (Å²) in [6, 6.07) is 18.7. The molecule has 0 unspecified atom stereocenters. The van der Waals surface area contributed by atoms with E-state index in [0.29, 0.717) is 28.3 Å². The van der Waals surface area contributed by atoms with E-state index >= 15 is 0 Å². The van der Waals surface area contributed by atoms with Gasteiger partial charge in [0.05, 0.1) is 12.2 Å². The van der Waals surface area contributed by atoms with E-state index in [0.717, 1.165) is 5.56 Å². The van der Waals surface area contributed by atoms with Crippen molar-refractivity contribution in [3.05, 3.63) is 89.2 Å². The van der Waals surface area contributed by atoms with Gasteiger partial charge in [-0.1, -0.05) is 35.9 Å². The highest BCUT2D eigenvalue weighted by Gasteiger charge is 2.41. The minimum Gasteiger partial charge on any atom is -0.476 e. The minimum absolute atomic E-state index is 0.0360. The van der Waals surface area contributed by atoms with E-state index in [1.54, 1.807) is 50.2 Å². The van der Waals surface area contributed by atoms with Crippen LogP contribution in [0.4, 0.5) is 15.8 Å². The minimum atomic E-state index is -1.11. The van der Waals surface area contributed by atoms with Crippen LogP contribution in [-0.2, 0) is 11.3 Å². The molecule has 0 aromatic heterocycles. The highest BCUT2D eigenvalue weighted by atomic mass is 19.1. The van der Waals surface area contributed by atoms with Crippen molar-refractivity contribution in [2.75, 3.05) is 10.2 Å². The number of nitrogens with one attached hydrogen (secondary N) is 1. The van der Waals surface area contributed by atoms with Crippen LogP contribution in [0, 0.1) is 12.7 Å². The Bertz CT molecular complexity index is 1160. The molecule has 0 bridgehead atoms. The quantitative estimate of drug-likeness (QED) is 0.642. The SMILES string of the molecule is Cc1ccc(NC(=O)c2ccc3c(c2)N(Cc2ccccc2F)C(=O)C(C)(C)O3)cc1. The number of fused-ring (bicyclic) bond motifs is 1. The summed E-state index contributed by atoms with van der Waals surface area (Å²) >= 11 is 0. The number of ether oxygens (including phenoxy) is 1. The van der Waals surface area contributed by atoms with Crippen LogP contribution >= 0.6 is 0 Å². The molecule has 0 aliphatic carbocycles. The average molecular weight is 418 g/mol. The number of aryl methyl sites for hydroxylation is 1. The molecule has 158 valence electrons. The van der Waals surface area contributed by atoms with E-state index < -0.39 is 11.4 Å². The number of carbonyl (C=O) groups excluding carboxylic acids is 2. The largest absolute Gasteiger partial charge is 0.476 e. The third-order valence-electron chi connectivity index (χ3n) is 5.23. The summed E-state index contributed by atoms with van der Waals surface area (Å²) in [7, 11) is 0. The van der Waals surface area contributed by atoms with Gasteiger partial charge in [0, 0.05) is 16.8 Å². The standard InChI is InChI=1S/C25H23FN2O3/c1-16-8-11-19(12-9-16)27-23(29)17-10-13-22-21(14-17)28(24(30)25(2,3)31-22)15-18-6-4-5-7-20(18)26/h4-14H,15H2,1-3H3,(H,27,29). The van der Waals surface area contributed by atoms with E-state index in [1.165, 1.54) is 11.0 Å². The van der Waals surface area contributed by atoms with Crippen LogP contribution in [0.1, 0.15) is 35.3 Å². The predicted octanol–water partition coefficient (Wildman–Crippen LogP) is 5.09. The van der Waals surface area contributed by atoms with Crippen LogP contribution in [0.15, 0.2) is 66.7 Å². The first kappa shape index (κ1) is 20.6. The molecule has 3 aromatic rings. The molecule has 2 amide bonds. The number of carbonyl (C=O) groups is 2. The second-order valence-electron chi connectivity index (χ2n) is 8.10. The molecule has 1 aliphatic rings. The Balaban J connectivity index is 1.68. The molecule has 0 fully saturated rings.